The molecule has 1 amide bonds. The molecule has 3 aromatic rings. The third-order valence-corrected chi connectivity index (χ3v) is 5.62. The number of aromatic nitrogens is 5. The van der Waals surface area contributed by atoms with Crippen molar-refractivity contribution < 1.29 is 9.53 Å². The molecular formula is C23H29N7O2. The van der Waals surface area contributed by atoms with Gasteiger partial charge < -0.3 is 9.64 Å². The Morgan fingerprint density at radius 3 is 2.62 bits per heavy atom. The molecule has 2 N–H and O–H groups in total. The molecule has 0 spiro atoms. The Morgan fingerprint density at radius 1 is 1.16 bits per heavy atom. The number of amides is 1. The van der Waals surface area contributed by atoms with Gasteiger partial charge in [-0.25, -0.2) is 9.97 Å². The standard InChI is InChI=1S/C23H29N7O2/c1-15-13-16(2)25-23(24-15)30-12-4-5-18(14-30)21(31)27-22-26-20(28-29-22)11-8-17-6-9-19(32-3)10-7-17/h6-7,9-10,13,18H,4-5,8,11-12,14H2,1-3H3,(H2,26,27,28,29,31)/t18-/m1/s1. The van der Waals surface area contributed by atoms with Crippen molar-refractivity contribution in [1.82, 2.24) is 25.1 Å². The maximum Gasteiger partial charge on any atom is 0.248 e. The molecule has 1 aliphatic heterocycles. The van der Waals surface area contributed by atoms with Gasteiger partial charge >= 0.3 is 0 Å². The van der Waals surface area contributed by atoms with Crippen molar-refractivity contribution in [1.29, 1.82) is 0 Å². The number of rotatable bonds is 7. The van der Waals surface area contributed by atoms with Gasteiger partial charge in [-0.2, -0.15) is 4.98 Å². The van der Waals surface area contributed by atoms with E-state index in [4.69, 9.17) is 4.74 Å². The van der Waals surface area contributed by atoms with Crippen molar-refractivity contribution >= 4 is 17.8 Å². The van der Waals surface area contributed by atoms with E-state index in [0.717, 1.165) is 48.8 Å². The average molecular weight is 436 g/mol. The lowest BCUT2D eigenvalue weighted by molar-refractivity contribution is -0.120. The molecule has 0 radical (unpaired) electrons. The van der Waals surface area contributed by atoms with Crippen LogP contribution in [0.2, 0.25) is 0 Å². The van der Waals surface area contributed by atoms with Crippen LogP contribution in [0, 0.1) is 19.8 Å². The molecule has 1 aromatic carbocycles. The summed E-state index contributed by atoms with van der Waals surface area (Å²) in [7, 11) is 1.65. The quantitative estimate of drug-likeness (QED) is 0.587. The summed E-state index contributed by atoms with van der Waals surface area (Å²) in [5.74, 6) is 2.36. The van der Waals surface area contributed by atoms with E-state index in [2.05, 4.69) is 35.4 Å². The molecule has 2 aromatic heterocycles. The van der Waals surface area contributed by atoms with Crippen molar-refractivity contribution in [3.05, 3.63) is 53.1 Å². The first-order valence-corrected chi connectivity index (χ1v) is 10.9. The minimum atomic E-state index is -0.158. The number of carbonyl (C=O) groups is 1. The number of ether oxygens (including phenoxy) is 1. The number of nitrogens with zero attached hydrogens (tertiary/aromatic N) is 5. The summed E-state index contributed by atoms with van der Waals surface area (Å²) in [4.78, 5) is 28.4. The smallest absolute Gasteiger partial charge is 0.248 e. The minimum Gasteiger partial charge on any atom is -0.497 e. The van der Waals surface area contributed by atoms with Gasteiger partial charge in [0.05, 0.1) is 13.0 Å². The predicted octanol–water partition coefficient (Wildman–Crippen LogP) is 2.86. The summed E-state index contributed by atoms with van der Waals surface area (Å²) in [6.45, 7) is 5.36. The number of methoxy groups -OCH3 is 1. The van der Waals surface area contributed by atoms with Crippen LogP contribution in [-0.2, 0) is 17.6 Å². The molecule has 3 heterocycles. The lowest BCUT2D eigenvalue weighted by atomic mass is 9.97. The summed E-state index contributed by atoms with van der Waals surface area (Å²) in [6.07, 6.45) is 3.26. The number of hydrogen-bond donors (Lipinski definition) is 2. The molecule has 9 heteroatoms. The van der Waals surface area contributed by atoms with E-state index < -0.39 is 0 Å². The fourth-order valence-electron chi connectivity index (χ4n) is 3.95. The van der Waals surface area contributed by atoms with Crippen molar-refractivity contribution in [3.63, 3.8) is 0 Å². The highest BCUT2D eigenvalue weighted by Gasteiger charge is 2.28. The second-order valence-electron chi connectivity index (χ2n) is 8.18. The van der Waals surface area contributed by atoms with Gasteiger partial charge in [0.15, 0.2) is 0 Å². The maximum absolute atomic E-state index is 12.8. The third-order valence-electron chi connectivity index (χ3n) is 5.62. The highest BCUT2D eigenvalue weighted by molar-refractivity contribution is 5.91. The first kappa shape index (κ1) is 21.7. The maximum atomic E-state index is 12.8. The zero-order valence-electron chi connectivity index (χ0n) is 18.8. The van der Waals surface area contributed by atoms with E-state index in [1.807, 2.05) is 44.2 Å². The molecule has 168 valence electrons. The van der Waals surface area contributed by atoms with Gasteiger partial charge in [0.1, 0.15) is 11.6 Å². The predicted molar refractivity (Wildman–Crippen MR) is 122 cm³/mol. The zero-order valence-corrected chi connectivity index (χ0v) is 18.8. The Morgan fingerprint density at radius 2 is 1.91 bits per heavy atom. The van der Waals surface area contributed by atoms with Crippen molar-refractivity contribution in [2.24, 2.45) is 5.92 Å². The number of benzene rings is 1. The molecule has 1 saturated heterocycles. The molecular weight excluding hydrogens is 406 g/mol. The summed E-state index contributed by atoms with van der Waals surface area (Å²) >= 11 is 0. The highest BCUT2D eigenvalue weighted by atomic mass is 16.5. The highest BCUT2D eigenvalue weighted by Crippen LogP contribution is 2.22. The summed E-state index contributed by atoms with van der Waals surface area (Å²) in [5, 5.41) is 9.95. The van der Waals surface area contributed by atoms with Crippen LogP contribution in [0.15, 0.2) is 30.3 Å². The van der Waals surface area contributed by atoms with Gasteiger partial charge in [0.25, 0.3) is 0 Å². The molecule has 32 heavy (non-hydrogen) atoms. The average Bonchev–Trinajstić information content (AvgIpc) is 3.24. The Hall–Kier alpha value is -3.49. The van der Waals surface area contributed by atoms with Crippen LogP contribution in [0.25, 0.3) is 0 Å². The monoisotopic (exact) mass is 435 g/mol. The van der Waals surface area contributed by atoms with Crippen LogP contribution in [0.3, 0.4) is 0 Å². The van der Waals surface area contributed by atoms with Crippen LogP contribution < -0.4 is 15.0 Å². The first-order chi connectivity index (χ1) is 15.5. The summed E-state index contributed by atoms with van der Waals surface area (Å²) < 4.78 is 5.19. The van der Waals surface area contributed by atoms with Gasteiger partial charge in [-0.15, -0.1) is 5.10 Å². The van der Waals surface area contributed by atoms with Gasteiger partial charge in [-0.1, -0.05) is 12.1 Å². The Kier molecular flexibility index (Phi) is 6.63. The molecule has 4 rings (SSSR count). The van der Waals surface area contributed by atoms with E-state index in [9.17, 15) is 4.79 Å². The topological polar surface area (TPSA) is 109 Å². The van der Waals surface area contributed by atoms with Crippen molar-refractivity contribution in [2.45, 2.75) is 39.5 Å². The normalized spacial score (nSPS) is 16.1. The number of carbonyl (C=O) groups excluding carboxylic acids is 1. The van der Waals surface area contributed by atoms with Crippen LogP contribution in [0.4, 0.5) is 11.9 Å². The van der Waals surface area contributed by atoms with Crippen LogP contribution in [0.1, 0.15) is 35.6 Å². The van der Waals surface area contributed by atoms with E-state index >= 15 is 0 Å². The van der Waals surface area contributed by atoms with Crippen LogP contribution in [0.5, 0.6) is 5.75 Å². The largest absolute Gasteiger partial charge is 0.497 e. The Bertz CT molecular complexity index is 1040. The molecule has 0 aliphatic carbocycles. The zero-order chi connectivity index (χ0) is 22.5. The number of H-pyrrole nitrogens is 1. The Labute approximate surface area is 187 Å². The van der Waals surface area contributed by atoms with Gasteiger partial charge in [-0.05, 0) is 56.9 Å². The fourth-order valence-corrected chi connectivity index (χ4v) is 3.95. The lowest BCUT2D eigenvalue weighted by Crippen LogP contribution is -2.41. The second-order valence-corrected chi connectivity index (χ2v) is 8.18. The van der Waals surface area contributed by atoms with E-state index in [1.165, 1.54) is 5.56 Å². The fraction of sp³-hybridized carbons (Fsp3) is 0.435. The molecule has 1 atom stereocenters. The van der Waals surface area contributed by atoms with E-state index in [-0.39, 0.29) is 11.8 Å². The van der Waals surface area contributed by atoms with Crippen molar-refractivity contribution in [3.8, 4) is 5.75 Å². The molecule has 1 aliphatic rings. The number of hydrogen-bond acceptors (Lipinski definition) is 7. The third kappa shape index (κ3) is 5.40. The first-order valence-electron chi connectivity index (χ1n) is 10.9. The molecule has 0 unspecified atom stereocenters. The molecule has 9 nitrogen and oxygen atoms in total. The Balaban J connectivity index is 1.32. The van der Waals surface area contributed by atoms with Gasteiger partial charge in [0, 0.05) is 30.9 Å². The van der Waals surface area contributed by atoms with E-state index in [0.29, 0.717) is 24.9 Å². The second kappa shape index (κ2) is 9.76. The number of piperidine rings is 1. The van der Waals surface area contributed by atoms with Crippen molar-refractivity contribution in [2.75, 3.05) is 30.4 Å². The van der Waals surface area contributed by atoms with Gasteiger partial charge in [0.2, 0.25) is 17.8 Å². The van der Waals surface area contributed by atoms with Gasteiger partial charge in [-0.3, -0.25) is 15.2 Å². The van der Waals surface area contributed by atoms with Crippen LogP contribution in [-0.4, -0.2) is 51.3 Å². The molecule has 1 fully saturated rings. The minimum absolute atomic E-state index is 0.0696. The number of aromatic amines is 1. The lowest BCUT2D eigenvalue weighted by Gasteiger charge is -2.32. The molecule has 0 saturated carbocycles. The SMILES string of the molecule is COc1ccc(CCc2nc(NC(=O)[C@@H]3CCCN(c4nc(C)cc(C)n4)C3)n[nH]2)cc1. The van der Waals surface area contributed by atoms with Crippen LogP contribution >= 0.6 is 0 Å². The summed E-state index contributed by atoms with van der Waals surface area (Å²) in [5.41, 5.74) is 3.05. The summed E-state index contributed by atoms with van der Waals surface area (Å²) in [6, 6.07) is 9.90. The molecule has 0 bridgehead atoms. The number of nitrogens with one attached hydrogen (secondary N) is 2. The number of anilines is 2. The van der Waals surface area contributed by atoms with E-state index in [1.54, 1.807) is 7.11 Å². The number of aryl methyl sites for hydroxylation is 4.